The highest BCUT2D eigenvalue weighted by Crippen LogP contribution is 2.19. The zero-order chi connectivity index (χ0) is 14.3. The van der Waals surface area contributed by atoms with Crippen LogP contribution in [-0.4, -0.2) is 25.5 Å². The van der Waals surface area contributed by atoms with Crippen LogP contribution in [0, 0.1) is 5.92 Å². The Hall–Kier alpha value is -1.51. The van der Waals surface area contributed by atoms with Gasteiger partial charge in [0.1, 0.15) is 6.04 Å². The van der Waals surface area contributed by atoms with Crippen molar-refractivity contribution in [3.63, 3.8) is 0 Å². The summed E-state index contributed by atoms with van der Waals surface area (Å²) < 4.78 is 0. The van der Waals surface area contributed by atoms with Crippen molar-refractivity contribution in [3.05, 3.63) is 30.3 Å². The van der Waals surface area contributed by atoms with Gasteiger partial charge in [-0.1, -0.05) is 45.4 Å². The van der Waals surface area contributed by atoms with Gasteiger partial charge in [0.25, 0.3) is 0 Å². The van der Waals surface area contributed by atoms with Crippen molar-refractivity contribution in [2.24, 2.45) is 5.92 Å². The maximum absolute atomic E-state index is 12.3. The van der Waals surface area contributed by atoms with Gasteiger partial charge in [-0.25, -0.2) is 0 Å². The van der Waals surface area contributed by atoms with E-state index in [1.165, 1.54) is 0 Å². The van der Waals surface area contributed by atoms with E-state index in [2.05, 4.69) is 31.0 Å². The highest BCUT2D eigenvalue weighted by Gasteiger charge is 2.26. The summed E-state index contributed by atoms with van der Waals surface area (Å²) in [5.41, 5.74) is 1.08. The van der Waals surface area contributed by atoms with Crippen LogP contribution in [0.15, 0.2) is 30.3 Å². The van der Waals surface area contributed by atoms with Crippen molar-refractivity contribution in [1.29, 1.82) is 0 Å². The molecule has 0 aliphatic rings. The van der Waals surface area contributed by atoms with Gasteiger partial charge in [0.15, 0.2) is 0 Å². The molecule has 1 N–H and O–H groups in total. The highest BCUT2D eigenvalue weighted by molar-refractivity contribution is 5.85. The maximum Gasteiger partial charge on any atom is 0.242 e. The number of anilines is 1. The third-order valence-corrected chi connectivity index (χ3v) is 3.31. The largest absolute Gasteiger partial charge is 0.362 e. The number of hydrogen-bond donors (Lipinski definition) is 1. The lowest BCUT2D eigenvalue weighted by atomic mass is 10.0. The zero-order valence-corrected chi connectivity index (χ0v) is 12.5. The predicted octanol–water partition coefficient (Wildman–Crippen LogP) is 3.06. The van der Waals surface area contributed by atoms with E-state index < -0.39 is 0 Å². The number of carbonyl (C=O) groups is 1. The first-order valence-electron chi connectivity index (χ1n) is 7.13. The van der Waals surface area contributed by atoms with Gasteiger partial charge in [0, 0.05) is 19.3 Å². The average Bonchev–Trinajstić information content (AvgIpc) is 2.39. The first-order chi connectivity index (χ1) is 9.07. The van der Waals surface area contributed by atoms with Crippen LogP contribution >= 0.6 is 0 Å². The number of para-hydroxylation sites is 1. The summed E-state index contributed by atoms with van der Waals surface area (Å²) in [7, 11) is 1.99. The number of unbranched alkanes of at least 4 members (excludes halogenated alkanes) is 1. The number of likely N-dealkylation sites (N-methyl/N-ethyl adjacent to an activating group) is 1. The lowest BCUT2D eigenvalue weighted by Crippen LogP contribution is -2.48. The van der Waals surface area contributed by atoms with Crippen LogP contribution in [0.25, 0.3) is 0 Å². The zero-order valence-electron chi connectivity index (χ0n) is 12.5. The Bertz CT molecular complexity index is 376. The molecule has 1 atom stereocenters. The molecule has 3 nitrogen and oxygen atoms in total. The molecule has 3 heteroatoms. The van der Waals surface area contributed by atoms with Crippen molar-refractivity contribution in [1.82, 2.24) is 5.32 Å². The van der Waals surface area contributed by atoms with Crippen LogP contribution in [0.3, 0.4) is 0 Å². The number of amides is 1. The first-order valence-corrected chi connectivity index (χ1v) is 7.13. The molecule has 1 aromatic carbocycles. The van der Waals surface area contributed by atoms with Crippen LogP contribution in [-0.2, 0) is 4.79 Å². The van der Waals surface area contributed by atoms with E-state index >= 15 is 0 Å². The van der Waals surface area contributed by atoms with E-state index in [0.29, 0.717) is 0 Å². The van der Waals surface area contributed by atoms with E-state index in [9.17, 15) is 4.79 Å². The number of carbonyl (C=O) groups excluding carboxylic acids is 1. The molecule has 0 fully saturated rings. The lowest BCUT2D eigenvalue weighted by Gasteiger charge is -2.32. The third-order valence-electron chi connectivity index (χ3n) is 3.31. The molecular formula is C16H26N2O. The molecule has 0 saturated heterocycles. The van der Waals surface area contributed by atoms with Crippen LogP contribution in [0.4, 0.5) is 5.69 Å². The predicted molar refractivity (Wildman–Crippen MR) is 81.4 cm³/mol. The molecule has 19 heavy (non-hydrogen) atoms. The van der Waals surface area contributed by atoms with Gasteiger partial charge in [-0.15, -0.1) is 0 Å². The first kappa shape index (κ1) is 15.5. The van der Waals surface area contributed by atoms with Crippen LogP contribution in [0.2, 0.25) is 0 Å². The standard InChI is InChI=1S/C16H26N2O/c1-5-6-12-17-16(19)15(13(2)3)18(4)14-10-8-7-9-11-14/h7-11,13,15H,5-6,12H2,1-4H3,(H,17,19). The van der Waals surface area contributed by atoms with Crippen molar-refractivity contribution in [2.45, 2.75) is 39.7 Å². The van der Waals surface area contributed by atoms with Gasteiger partial charge in [-0.05, 0) is 24.5 Å². The molecule has 1 rings (SSSR count). The summed E-state index contributed by atoms with van der Waals surface area (Å²) in [4.78, 5) is 14.4. The molecule has 0 aromatic heterocycles. The second-order valence-corrected chi connectivity index (χ2v) is 5.28. The van der Waals surface area contributed by atoms with E-state index in [1.807, 2.05) is 37.4 Å². The molecule has 0 heterocycles. The van der Waals surface area contributed by atoms with E-state index in [4.69, 9.17) is 0 Å². The summed E-state index contributed by atoms with van der Waals surface area (Å²) in [6.45, 7) is 7.07. The van der Waals surface area contributed by atoms with E-state index in [1.54, 1.807) is 0 Å². The fourth-order valence-corrected chi connectivity index (χ4v) is 2.24. The minimum Gasteiger partial charge on any atom is -0.362 e. The maximum atomic E-state index is 12.3. The van der Waals surface area contributed by atoms with Crippen molar-refractivity contribution in [3.8, 4) is 0 Å². The van der Waals surface area contributed by atoms with Crippen molar-refractivity contribution >= 4 is 11.6 Å². The number of hydrogen-bond acceptors (Lipinski definition) is 2. The molecule has 0 aliphatic heterocycles. The topological polar surface area (TPSA) is 32.3 Å². The SMILES string of the molecule is CCCCNC(=O)C(C(C)C)N(C)c1ccccc1. The molecule has 1 unspecified atom stereocenters. The smallest absolute Gasteiger partial charge is 0.242 e. The second-order valence-electron chi connectivity index (χ2n) is 5.28. The number of nitrogens with one attached hydrogen (secondary N) is 1. The quantitative estimate of drug-likeness (QED) is 0.766. The molecule has 106 valence electrons. The number of rotatable bonds is 7. The molecule has 0 saturated carbocycles. The van der Waals surface area contributed by atoms with E-state index in [0.717, 1.165) is 25.1 Å². The number of benzene rings is 1. The summed E-state index contributed by atoms with van der Waals surface area (Å²) >= 11 is 0. The molecule has 0 radical (unpaired) electrons. The summed E-state index contributed by atoms with van der Waals surface area (Å²) in [5.74, 6) is 0.390. The second kappa shape index (κ2) is 7.82. The van der Waals surface area contributed by atoms with Gasteiger partial charge in [0.2, 0.25) is 5.91 Å². The summed E-state index contributed by atoms with van der Waals surface area (Å²) in [6, 6.07) is 9.93. The van der Waals surface area contributed by atoms with Gasteiger partial charge in [0.05, 0.1) is 0 Å². The molecule has 0 spiro atoms. The third kappa shape index (κ3) is 4.58. The Morgan fingerprint density at radius 1 is 1.26 bits per heavy atom. The monoisotopic (exact) mass is 262 g/mol. The molecule has 0 bridgehead atoms. The Morgan fingerprint density at radius 2 is 1.89 bits per heavy atom. The fraction of sp³-hybridized carbons (Fsp3) is 0.562. The Morgan fingerprint density at radius 3 is 2.42 bits per heavy atom. The Kier molecular flexibility index (Phi) is 6.40. The summed E-state index contributed by atoms with van der Waals surface area (Å²) in [5, 5.41) is 3.04. The van der Waals surface area contributed by atoms with E-state index in [-0.39, 0.29) is 17.9 Å². The average molecular weight is 262 g/mol. The van der Waals surface area contributed by atoms with Crippen molar-refractivity contribution < 1.29 is 4.79 Å². The van der Waals surface area contributed by atoms with Gasteiger partial charge < -0.3 is 10.2 Å². The van der Waals surface area contributed by atoms with Crippen LogP contribution < -0.4 is 10.2 Å². The van der Waals surface area contributed by atoms with Crippen molar-refractivity contribution in [2.75, 3.05) is 18.5 Å². The van der Waals surface area contributed by atoms with Gasteiger partial charge in [-0.3, -0.25) is 4.79 Å². The highest BCUT2D eigenvalue weighted by atomic mass is 16.2. The fourth-order valence-electron chi connectivity index (χ4n) is 2.24. The Balaban J connectivity index is 2.74. The van der Waals surface area contributed by atoms with Crippen LogP contribution in [0.5, 0.6) is 0 Å². The normalized spacial score (nSPS) is 12.3. The van der Waals surface area contributed by atoms with Gasteiger partial charge >= 0.3 is 0 Å². The minimum absolute atomic E-state index is 0.120. The van der Waals surface area contributed by atoms with Gasteiger partial charge in [-0.2, -0.15) is 0 Å². The minimum atomic E-state index is -0.126. The number of nitrogens with zero attached hydrogens (tertiary/aromatic N) is 1. The Labute approximate surface area is 117 Å². The summed E-state index contributed by atoms with van der Waals surface area (Å²) in [6.07, 6.45) is 2.13. The molecule has 0 aliphatic carbocycles. The lowest BCUT2D eigenvalue weighted by molar-refractivity contribution is -0.123. The molecule has 1 amide bonds. The molecule has 1 aromatic rings. The van der Waals surface area contributed by atoms with Crippen LogP contribution in [0.1, 0.15) is 33.6 Å². The molecular weight excluding hydrogens is 236 g/mol.